The average Bonchev–Trinajstić information content (AvgIpc) is 3.35. The van der Waals surface area contributed by atoms with E-state index in [4.69, 9.17) is 37.7 Å². The molecule has 0 amide bonds. The first kappa shape index (κ1) is 30.9. The third-order valence-electron chi connectivity index (χ3n) is 8.56. The molecule has 12 nitrogen and oxygen atoms in total. The van der Waals surface area contributed by atoms with Gasteiger partial charge in [-0.2, -0.15) is 0 Å². The van der Waals surface area contributed by atoms with Crippen molar-refractivity contribution in [3.63, 3.8) is 0 Å². The third kappa shape index (κ3) is 5.73. The highest BCUT2D eigenvalue weighted by Crippen LogP contribution is 2.37. The zero-order chi connectivity index (χ0) is 32.0. The van der Waals surface area contributed by atoms with Gasteiger partial charge in [-0.05, 0) is 52.1 Å². The van der Waals surface area contributed by atoms with Crippen molar-refractivity contribution in [3.05, 3.63) is 68.7 Å². The van der Waals surface area contributed by atoms with E-state index in [-0.39, 0.29) is 45.6 Å². The molecule has 0 aliphatic carbocycles. The predicted molar refractivity (Wildman–Crippen MR) is 173 cm³/mol. The van der Waals surface area contributed by atoms with Crippen LogP contribution in [0, 0.1) is 0 Å². The van der Waals surface area contributed by atoms with Crippen molar-refractivity contribution < 1.29 is 19.4 Å². The van der Waals surface area contributed by atoms with Crippen molar-refractivity contribution in [2.45, 2.75) is 37.9 Å². The monoisotopic (exact) mass is 653 g/mol. The van der Waals surface area contributed by atoms with Gasteiger partial charge in [-0.15, -0.1) is 0 Å². The van der Waals surface area contributed by atoms with Crippen LogP contribution in [-0.2, 0) is 0 Å². The van der Waals surface area contributed by atoms with Crippen LogP contribution in [0.15, 0.2) is 47.7 Å². The second-order valence-corrected chi connectivity index (χ2v) is 12.3. The number of hydrogen-bond acceptors (Lipinski definition) is 10. The zero-order valence-corrected chi connectivity index (χ0v) is 26.8. The number of carboxylic acid groups (broad SMARTS) is 1. The minimum Gasteiger partial charge on any atom is -0.495 e. The first-order valence-corrected chi connectivity index (χ1v) is 15.3. The highest BCUT2D eigenvalue weighted by molar-refractivity contribution is 6.34. The summed E-state index contributed by atoms with van der Waals surface area (Å²) in [5.41, 5.74) is -0.225. The summed E-state index contributed by atoms with van der Waals surface area (Å²) in [6, 6.07) is 7.27. The van der Waals surface area contributed by atoms with Gasteiger partial charge in [-0.25, -0.2) is 19.7 Å². The van der Waals surface area contributed by atoms with Crippen molar-refractivity contribution in [2.75, 3.05) is 50.7 Å². The fourth-order valence-corrected chi connectivity index (χ4v) is 6.37. The van der Waals surface area contributed by atoms with Gasteiger partial charge in [0.25, 0.3) is 0 Å². The van der Waals surface area contributed by atoms with Crippen LogP contribution in [0.3, 0.4) is 0 Å². The molecule has 0 bridgehead atoms. The van der Waals surface area contributed by atoms with Gasteiger partial charge < -0.3 is 29.3 Å². The number of likely N-dealkylation sites (N-methyl/N-ethyl adjacent to an activating group) is 1. The number of fused-ring (bicyclic) bond motifs is 1. The lowest BCUT2D eigenvalue weighted by molar-refractivity contribution is 0.0695. The molecule has 2 atom stereocenters. The molecule has 14 heteroatoms. The van der Waals surface area contributed by atoms with E-state index in [0.29, 0.717) is 23.3 Å². The fraction of sp³-hybridized carbons (Fsp3) is 0.387. The SMILES string of the molecule is COc1ccnc(OC[C@H]2CC[C@@H](C)N2c2nc3c(cc2Cl)c(=O)c(C(=O)O)cn3-c2ccc(N3CC(N(C)C)C3)nc2)c1Cl. The molecule has 4 aromatic rings. The second kappa shape index (κ2) is 12.3. The van der Waals surface area contributed by atoms with E-state index in [0.717, 1.165) is 31.7 Å². The van der Waals surface area contributed by atoms with Crippen molar-refractivity contribution in [2.24, 2.45) is 0 Å². The molecule has 236 valence electrons. The highest BCUT2D eigenvalue weighted by Gasteiger charge is 2.35. The number of aromatic nitrogens is 4. The Morgan fingerprint density at radius 3 is 2.60 bits per heavy atom. The van der Waals surface area contributed by atoms with Gasteiger partial charge in [0, 0.05) is 43.6 Å². The summed E-state index contributed by atoms with van der Waals surface area (Å²) in [7, 11) is 5.63. The molecule has 0 saturated carbocycles. The molecular weight excluding hydrogens is 621 g/mol. The van der Waals surface area contributed by atoms with Crippen LogP contribution in [0.2, 0.25) is 10.0 Å². The smallest absolute Gasteiger partial charge is 0.341 e. The summed E-state index contributed by atoms with van der Waals surface area (Å²) >= 11 is 13.2. The third-order valence-corrected chi connectivity index (χ3v) is 9.18. The van der Waals surface area contributed by atoms with E-state index in [1.807, 2.05) is 12.1 Å². The molecule has 2 aliphatic rings. The second-order valence-electron chi connectivity index (χ2n) is 11.5. The van der Waals surface area contributed by atoms with Crippen LogP contribution in [0.1, 0.15) is 30.1 Å². The summed E-state index contributed by atoms with van der Waals surface area (Å²) in [4.78, 5) is 45.6. The number of rotatable bonds is 9. The Kier molecular flexibility index (Phi) is 8.47. The molecule has 2 saturated heterocycles. The standard InChI is InChI=1S/C31H33Cl2N7O5/c1-17-5-6-19(16-45-30-26(33)24(44-4)9-10-34-30)40(17)29-23(32)11-21-27(41)22(31(42)43)15-39(28(21)36-29)18-7-8-25(35-12-18)38-13-20(14-38)37(2)3/h7-12,15,17,19-20H,5-6,13-14,16H2,1-4H3,(H,42,43)/t17-,19-/m1/s1. The summed E-state index contributed by atoms with van der Waals surface area (Å²) in [5, 5.41) is 10.5. The lowest BCUT2D eigenvalue weighted by Crippen LogP contribution is -2.57. The number of carbonyl (C=O) groups is 1. The summed E-state index contributed by atoms with van der Waals surface area (Å²) in [5.74, 6) is 0.655. The number of carboxylic acids is 1. The number of pyridine rings is 4. The van der Waals surface area contributed by atoms with Gasteiger partial charge in [0.2, 0.25) is 11.3 Å². The minimum absolute atomic E-state index is 0.0525. The van der Waals surface area contributed by atoms with E-state index >= 15 is 0 Å². The van der Waals surface area contributed by atoms with Crippen molar-refractivity contribution >= 4 is 51.8 Å². The number of anilines is 2. The number of hydrogen-bond donors (Lipinski definition) is 1. The Balaban J connectivity index is 1.37. The molecule has 6 heterocycles. The largest absolute Gasteiger partial charge is 0.495 e. The van der Waals surface area contributed by atoms with E-state index < -0.39 is 17.0 Å². The first-order chi connectivity index (χ1) is 21.6. The van der Waals surface area contributed by atoms with Crippen molar-refractivity contribution in [3.8, 4) is 17.3 Å². The number of ether oxygens (including phenoxy) is 2. The van der Waals surface area contributed by atoms with Crippen molar-refractivity contribution in [1.82, 2.24) is 24.4 Å². The predicted octanol–water partition coefficient (Wildman–Crippen LogP) is 4.38. The minimum atomic E-state index is -1.34. The van der Waals surface area contributed by atoms with Gasteiger partial charge in [0.05, 0.1) is 35.4 Å². The van der Waals surface area contributed by atoms with Gasteiger partial charge in [0.15, 0.2) is 11.5 Å². The molecule has 0 radical (unpaired) electrons. The number of aromatic carboxylic acids is 1. The van der Waals surface area contributed by atoms with Crippen LogP contribution in [0.25, 0.3) is 16.7 Å². The molecule has 1 N–H and O–H groups in total. The fourth-order valence-electron chi connectivity index (χ4n) is 5.88. The summed E-state index contributed by atoms with van der Waals surface area (Å²) < 4.78 is 12.9. The van der Waals surface area contributed by atoms with Crippen LogP contribution in [0.5, 0.6) is 11.6 Å². The van der Waals surface area contributed by atoms with E-state index in [9.17, 15) is 14.7 Å². The Bertz CT molecular complexity index is 1810. The summed E-state index contributed by atoms with van der Waals surface area (Å²) in [6.07, 6.45) is 6.16. The normalized spacial score (nSPS) is 18.5. The zero-order valence-electron chi connectivity index (χ0n) is 25.3. The van der Waals surface area contributed by atoms with Gasteiger partial charge in [0.1, 0.15) is 28.8 Å². The molecule has 2 aliphatic heterocycles. The van der Waals surface area contributed by atoms with Gasteiger partial charge in [-0.3, -0.25) is 9.36 Å². The number of nitrogens with zero attached hydrogens (tertiary/aromatic N) is 7. The van der Waals surface area contributed by atoms with Crippen molar-refractivity contribution in [1.29, 1.82) is 0 Å². The Labute approximate surface area is 269 Å². The van der Waals surface area contributed by atoms with E-state index in [2.05, 4.69) is 45.7 Å². The Hall–Kier alpha value is -4.13. The molecule has 6 rings (SSSR count). The molecule has 0 aromatic carbocycles. The lowest BCUT2D eigenvalue weighted by atomic mass is 10.1. The van der Waals surface area contributed by atoms with Crippen LogP contribution >= 0.6 is 23.2 Å². The average molecular weight is 655 g/mol. The maximum atomic E-state index is 13.3. The Morgan fingerprint density at radius 2 is 1.93 bits per heavy atom. The number of halogens is 2. The molecule has 0 unspecified atom stereocenters. The maximum absolute atomic E-state index is 13.3. The highest BCUT2D eigenvalue weighted by atomic mass is 35.5. The van der Waals surface area contributed by atoms with Gasteiger partial charge >= 0.3 is 5.97 Å². The maximum Gasteiger partial charge on any atom is 0.341 e. The number of methoxy groups -OCH3 is 1. The quantitative estimate of drug-likeness (QED) is 0.277. The Morgan fingerprint density at radius 1 is 1.16 bits per heavy atom. The molecule has 0 spiro atoms. The topological polar surface area (TPSA) is 126 Å². The molecule has 4 aromatic heterocycles. The van der Waals surface area contributed by atoms with Crippen LogP contribution < -0.4 is 24.7 Å². The van der Waals surface area contributed by atoms with Crippen LogP contribution in [0.4, 0.5) is 11.6 Å². The summed E-state index contributed by atoms with van der Waals surface area (Å²) in [6.45, 7) is 4.05. The van der Waals surface area contributed by atoms with E-state index in [1.165, 1.54) is 19.4 Å². The molecule has 2 fully saturated rings. The van der Waals surface area contributed by atoms with E-state index in [1.54, 1.807) is 23.0 Å². The molecule has 45 heavy (non-hydrogen) atoms. The van der Waals surface area contributed by atoms with Crippen LogP contribution in [-0.4, -0.2) is 94.5 Å². The first-order valence-electron chi connectivity index (χ1n) is 14.5. The van der Waals surface area contributed by atoms with Gasteiger partial charge in [-0.1, -0.05) is 23.2 Å². The molecular formula is C31H33Cl2N7O5. The lowest BCUT2D eigenvalue weighted by Gasteiger charge is -2.43.